The predicted molar refractivity (Wildman–Crippen MR) is 34.0 cm³/mol. The summed E-state index contributed by atoms with van der Waals surface area (Å²) < 4.78 is 0. The third-order valence-corrected chi connectivity index (χ3v) is 1.05. The van der Waals surface area contributed by atoms with Crippen molar-refractivity contribution in [3.8, 4) is 0 Å². The second kappa shape index (κ2) is 5.28. The summed E-state index contributed by atoms with van der Waals surface area (Å²) in [5.74, 6) is 0. The van der Waals surface area contributed by atoms with Gasteiger partial charge in [-0.05, 0) is 6.42 Å². The Morgan fingerprint density at radius 1 is 1.56 bits per heavy atom. The summed E-state index contributed by atoms with van der Waals surface area (Å²) in [7, 11) is 0. The van der Waals surface area contributed by atoms with E-state index in [1.165, 1.54) is 0 Å². The predicted octanol–water partition coefficient (Wildman–Crippen LogP) is 0.1000. The lowest BCUT2D eigenvalue weighted by molar-refractivity contribution is -0.115. The molecular formula is C6H11NO2. The second-order valence-electron chi connectivity index (χ2n) is 1.82. The molecule has 0 aliphatic heterocycles. The van der Waals surface area contributed by atoms with E-state index in [1.807, 2.05) is 6.92 Å². The smallest absolute Gasteiger partial charge is 0.207 e. The Balaban J connectivity index is 3.40. The highest BCUT2D eigenvalue weighted by molar-refractivity contribution is 5.63. The Morgan fingerprint density at radius 3 is 2.56 bits per heavy atom. The van der Waals surface area contributed by atoms with Crippen LogP contribution in [0.3, 0.4) is 0 Å². The van der Waals surface area contributed by atoms with E-state index in [4.69, 9.17) is 0 Å². The third kappa shape index (κ3) is 3.70. The number of hydrogen-bond acceptors (Lipinski definition) is 2. The highest BCUT2D eigenvalue weighted by Gasteiger charge is 2.00. The normalized spacial score (nSPS) is 12.1. The van der Waals surface area contributed by atoms with E-state index >= 15 is 0 Å². The van der Waals surface area contributed by atoms with Crippen LogP contribution in [0.4, 0.5) is 0 Å². The van der Waals surface area contributed by atoms with E-state index < -0.39 is 0 Å². The first-order chi connectivity index (χ1) is 4.35. The van der Waals surface area contributed by atoms with Crippen molar-refractivity contribution in [2.24, 2.45) is 0 Å². The Bertz CT molecular complexity index is 93.1. The van der Waals surface area contributed by atoms with Crippen molar-refractivity contribution in [3.63, 3.8) is 0 Å². The maximum Gasteiger partial charge on any atom is 0.207 e. The first-order valence-electron chi connectivity index (χ1n) is 3.00. The molecule has 0 saturated carbocycles. The molecule has 0 saturated heterocycles. The summed E-state index contributed by atoms with van der Waals surface area (Å²) in [4.78, 5) is 19.8. The van der Waals surface area contributed by atoms with Gasteiger partial charge in [-0.3, -0.25) is 4.79 Å². The van der Waals surface area contributed by atoms with Crippen LogP contribution in [0.2, 0.25) is 0 Å². The van der Waals surface area contributed by atoms with Crippen molar-refractivity contribution in [1.29, 1.82) is 0 Å². The van der Waals surface area contributed by atoms with Crippen LogP contribution < -0.4 is 5.32 Å². The number of rotatable bonds is 5. The lowest BCUT2D eigenvalue weighted by Gasteiger charge is -2.04. The average Bonchev–Trinajstić information content (AvgIpc) is 1.88. The van der Waals surface area contributed by atoms with Gasteiger partial charge >= 0.3 is 0 Å². The van der Waals surface area contributed by atoms with Crippen LogP contribution in [0, 0.1) is 0 Å². The molecule has 0 aliphatic rings. The molecule has 52 valence electrons. The summed E-state index contributed by atoms with van der Waals surface area (Å²) in [5, 5.41) is 2.38. The minimum Gasteiger partial charge on any atom is -0.349 e. The summed E-state index contributed by atoms with van der Waals surface area (Å²) in [5.41, 5.74) is 0. The van der Waals surface area contributed by atoms with E-state index in [2.05, 4.69) is 5.32 Å². The van der Waals surface area contributed by atoms with Gasteiger partial charge in [-0.2, -0.15) is 0 Å². The van der Waals surface area contributed by atoms with Crippen molar-refractivity contribution in [3.05, 3.63) is 0 Å². The van der Waals surface area contributed by atoms with Crippen LogP contribution in [0.1, 0.15) is 19.8 Å². The first kappa shape index (κ1) is 8.14. The van der Waals surface area contributed by atoms with E-state index in [1.54, 1.807) is 0 Å². The van der Waals surface area contributed by atoms with E-state index in [0.717, 1.165) is 19.1 Å². The molecule has 0 radical (unpaired) electrons. The van der Waals surface area contributed by atoms with Gasteiger partial charge in [0.2, 0.25) is 6.41 Å². The Labute approximate surface area is 54.4 Å². The molecule has 0 aromatic carbocycles. The highest BCUT2D eigenvalue weighted by Crippen LogP contribution is 1.90. The molecule has 0 spiro atoms. The zero-order valence-corrected chi connectivity index (χ0v) is 5.46. The molecule has 0 aliphatic carbocycles. The van der Waals surface area contributed by atoms with Crippen molar-refractivity contribution in [2.45, 2.75) is 25.8 Å². The lowest BCUT2D eigenvalue weighted by atomic mass is 10.2. The first-order valence-corrected chi connectivity index (χ1v) is 3.00. The molecule has 3 heteroatoms. The monoisotopic (exact) mass is 129 g/mol. The third-order valence-electron chi connectivity index (χ3n) is 1.05. The second-order valence-corrected chi connectivity index (χ2v) is 1.82. The minimum atomic E-state index is -0.285. The largest absolute Gasteiger partial charge is 0.349 e. The quantitative estimate of drug-likeness (QED) is 0.535. The van der Waals surface area contributed by atoms with Crippen LogP contribution in [0.5, 0.6) is 0 Å². The molecule has 0 aromatic heterocycles. The Hall–Kier alpha value is -0.860. The van der Waals surface area contributed by atoms with Gasteiger partial charge in [-0.15, -0.1) is 0 Å². The number of carbonyl (C=O) groups is 2. The van der Waals surface area contributed by atoms with Crippen LogP contribution in [-0.2, 0) is 9.59 Å². The molecule has 0 heterocycles. The van der Waals surface area contributed by atoms with Gasteiger partial charge in [0.1, 0.15) is 6.29 Å². The molecule has 0 fully saturated rings. The Kier molecular flexibility index (Phi) is 4.78. The summed E-state index contributed by atoms with van der Waals surface area (Å²) >= 11 is 0. The number of hydrogen-bond donors (Lipinski definition) is 1. The fourth-order valence-electron chi connectivity index (χ4n) is 0.589. The SMILES string of the molecule is CCC[C@@H](C=O)NC=O. The molecular weight excluding hydrogens is 118 g/mol. The van der Waals surface area contributed by atoms with Crippen LogP contribution in [-0.4, -0.2) is 18.7 Å². The molecule has 1 N–H and O–H groups in total. The number of aldehydes is 1. The molecule has 0 bridgehead atoms. The number of amides is 1. The lowest BCUT2D eigenvalue weighted by Crippen LogP contribution is -2.28. The van der Waals surface area contributed by atoms with E-state index in [-0.39, 0.29) is 6.04 Å². The molecule has 0 unspecified atom stereocenters. The van der Waals surface area contributed by atoms with Gasteiger partial charge in [0, 0.05) is 0 Å². The van der Waals surface area contributed by atoms with Crippen LogP contribution >= 0.6 is 0 Å². The number of carbonyl (C=O) groups excluding carboxylic acids is 2. The van der Waals surface area contributed by atoms with Gasteiger partial charge < -0.3 is 10.1 Å². The fraction of sp³-hybridized carbons (Fsp3) is 0.667. The van der Waals surface area contributed by atoms with Crippen LogP contribution in [0.15, 0.2) is 0 Å². The van der Waals surface area contributed by atoms with Gasteiger partial charge in [0.05, 0.1) is 6.04 Å². The van der Waals surface area contributed by atoms with Gasteiger partial charge in [-0.1, -0.05) is 13.3 Å². The molecule has 3 nitrogen and oxygen atoms in total. The zero-order chi connectivity index (χ0) is 7.11. The summed E-state index contributed by atoms with van der Waals surface area (Å²) in [6.07, 6.45) is 2.93. The van der Waals surface area contributed by atoms with E-state index in [0.29, 0.717) is 6.41 Å². The topological polar surface area (TPSA) is 46.2 Å². The zero-order valence-electron chi connectivity index (χ0n) is 5.46. The fourth-order valence-corrected chi connectivity index (χ4v) is 0.589. The van der Waals surface area contributed by atoms with Gasteiger partial charge in [0.15, 0.2) is 0 Å². The van der Waals surface area contributed by atoms with Gasteiger partial charge in [-0.25, -0.2) is 0 Å². The Morgan fingerprint density at radius 2 is 2.22 bits per heavy atom. The van der Waals surface area contributed by atoms with Crippen LogP contribution in [0.25, 0.3) is 0 Å². The number of nitrogens with one attached hydrogen (secondary N) is 1. The van der Waals surface area contributed by atoms with Crippen molar-refractivity contribution in [1.82, 2.24) is 5.32 Å². The average molecular weight is 129 g/mol. The van der Waals surface area contributed by atoms with Gasteiger partial charge in [0.25, 0.3) is 0 Å². The van der Waals surface area contributed by atoms with Crippen molar-refractivity contribution >= 4 is 12.7 Å². The molecule has 0 rings (SSSR count). The maximum atomic E-state index is 10.1. The van der Waals surface area contributed by atoms with E-state index in [9.17, 15) is 9.59 Å². The molecule has 1 amide bonds. The highest BCUT2D eigenvalue weighted by atomic mass is 16.1. The van der Waals surface area contributed by atoms with Crippen molar-refractivity contribution < 1.29 is 9.59 Å². The summed E-state index contributed by atoms with van der Waals surface area (Å²) in [6.45, 7) is 1.96. The molecule has 9 heavy (non-hydrogen) atoms. The summed E-state index contributed by atoms with van der Waals surface area (Å²) in [6, 6.07) is -0.285. The van der Waals surface area contributed by atoms with Crippen molar-refractivity contribution in [2.75, 3.05) is 0 Å². The maximum absolute atomic E-state index is 10.1. The minimum absolute atomic E-state index is 0.285. The standard InChI is InChI=1S/C6H11NO2/c1-2-3-6(4-8)7-5-9/h4-6H,2-3H2,1H3,(H,7,9)/t6-/m0/s1. The molecule has 1 atom stereocenters. The molecule has 0 aromatic rings.